The van der Waals surface area contributed by atoms with Gasteiger partial charge in [0.2, 0.25) is 0 Å². The Balaban J connectivity index is 2.05. The third kappa shape index (κ3) is 5.72. The number of esters is 1. The third-order valence-electron chi connectivity index (χ3n) is 4.69. The minimum atomic E-state index is -0.502. The molecule has 7 nitrogen and oxygen atoms in total. The molecule has 1 heterocycles. The number of hydrogen-bond acceptors (Lipinski definition) is 4. The van der Waals surface area contributed by atoms with E-state index in [9.17, 15) is 9.59 Å². The standard InChI is InChI=1S/C24H28N4O3/c1-3-15-25-24(30)27(17-19-11-7-5-8-12-19)22-21(23(29)31-4-2)16-26-28(22)18-20-13-9-6-10-14-20/h5-14,16H,3-4,15,17-18H2,1-2H3,(H,25,30). The van der Waals surface area contributed by atoms with E-state index in [0.29, 0.717) is 25.5 Å². The average Bonchev–Trinajstić information content (AvgIpc) is 3.20. The molecule has 0 saturated heterocycles. The average molecular weight is 421 g/mol. The minimum absolute atomic E-state index is 0.239. The van der Waals surface area contributed by atoms with Gasteiger partial charge in [0.05, 0.1) is 25.9 Å². The highest BCUT2D eigenvalue weighted by atomic mass is 16.5. The van der Waals surface area contributed by atoms with Gasteiger partial charge in [-0.1, -0.05) is 67.6 Å². The number of ether oxygens (including phenoxy) is 1. The zero-order chi connectivity index (χ0) is 22.1. The Kier molecular flexibility index (Phi) is 7.81. The number of urea groups is 1. The first kappa shape index (κ1) is 22.1. The van der Waals surface area contributed by atoms with Crippen LogP contribution in [-0.4, -0.2) is 34.9 Å². The topological polar surface area (TPSA) is 76.5 Å². The highest BCUT2D eigenvalue weighted by Crippen LogP contribution is 2.25. The van der Waals surface area contributed by atoms with Gasteiger partial charge in [-0.25, -0.2) is 14.3 Å². The molecule has 7 heteroatoms. The minimum Gasteiger partial charge on any atom is -0.462 e. The molecule has 2 amide bonds. The quantitative estimate of drug-likeness (QED) is 0.526. The van der Waals surface area contributed by atoms with E-state index in [1.54, 1.807) is 16.5 Å². The molecule has 0 aliphatic heterocycles. The Morgan fingerprint density at radius 1 is 1.00 bits per heavy atom. The number of benzene rings is 2. The Morgan fingerprint density at radius 2 is 1.65 bits per heavy atom. The highest BCUT2D eigenvalue weighted by Gasteiger charge is 2.28. The molecule has 0 fully saturated rings. The Hall–Kier alpha value is -3.61. The second kappa shape index (κ2) is 11.0. The molecular formula is C24H28N4O3. The number of amides is 2. The van der Waals surface area contributed by atoms with Crippen LogP contribution in [0.1, 0.15) is 41.8 Å². The molecule has 1 aromatic heterocycles. The van der Waals surface area contributed by atoms with Crippen LogP contribution in [0, 0.1) is 0 Å². The molecule has 3 rings (SSSR count). The summed E-state index contributed by atoms with van der Waals surface area (Å²) in [7, 11) is 0. The summed E-state index contributed by atoms with van der Waals surface area (Å²) in [6, 6.07) is 19.2. The van der Waals surface area contributed by atoms with Crippen molar-refractivity contribution in [1.29, 1.82) is 0 Å². The molecule has 2 aromatic carbocycles. The summed E-state index contributed by atoms with van der Waals surface area (Å²) in [5.74, 6) is -0.0853. The molecule has 162 valence electrons. The highest BCUT2D eigenvalue weighted by molar-refractivity contribution is 6.01. The summed E-state index contributed by atoms with van der Waals surface area (Å²) in [6.07, 6.45) is 2.28. The molecule has 0 unspecified atom stereocenters. The van der Waals surface area contributed by atoms with Crippen LogP contribution in [0.4, 0.5) is 10.6 Å². The van der Waals surface area contributed by atoms with Crippen molar-refractivity contribution in [3.63, 3.8) is 0 Å². The van der Waals surface area contributed by atoms with Crippen LogP contribution in [0.5, 0.6) is 0 Å². The van der Waals surface area contributed by atoms with Gasteiger partial charge < -0.3 is 10.1 Å². The molecule has 0 bridgehead atoms. The summed E-state index contributed by atoms with van der Waals surface area (Å²) in [4.78, 5) is 27.4. The summed E-state index contributed by atoms with van der Waals surface area (Å²) < 4.78 is 6.92. The van der Waals surface area contributed by atoms with Crippen LogP contribution < -0.4 is 10.2 Å². The lowest BCUT2D eigenvalue weighted by atomic mass is 10.2. The molecule has 0 spiro atoms. The van der Waals surface area contributed by atoms with Crippen molar-refractivity contribution >= 4 is 17.8 Å². The SMILES string of the molecule is CCCNC(=O)N(Cc1ccccc1)c1c(C(=O)OCC)cnn1Cc1ccccc1. The van der Waals surface area contributed by atoms with E-state index in [2.05, 4.69) is 10.4 Å². The zero-order valence-corrected chi connectivity index (χ0v) is 18.0. The van der Waals surface area contributed by atoms with Crippen molar-refractivity contribution < 1.29 is 14.3 Å². The van der Waals surface area contributed by atoms with Gasteiger partial charge in [0.25, 0.3) is 0 Å². The second-order valence-corrected chi connectivity index (χ2v) is 7.05. The first-order valence-corrected chi connectivity index (χ1v) is 10.5. The maximum atomic E-state index is 13.2. The van der Waals surface area contributed by atoms with Crippen LogP contribution >= 0.6 is 0 Å². The lowest BCUT2D eigenvalue weighted by molar-refractivity contribution is 0.0527. The smallest absolute Gasteiger partial charge is 0.343 e. The molecule has 31 heavy (non-hydrogen) atoms. The second-order valence-electron chi connectivity index (χ2n) is 7.05. The molecule has 0 aliphatic rings. The fourth-order valence-corrected chi connectivity index (χ4v) is 3.22. The largest absolute Gasteiger partial charge is 0.462 e. The van der Waals surface area contributed by atoms with E-state index in [1.165, 1.54) is 6.20 Å². The van der Waals surface area contributed by atoms with Gasteiger partial charge in [-0.15, -0.1) is 0 Å². The predicted molar refractivity (Wildman–Crippen MR) is 120 cm³/mol. The van der Waals surface area contributed by atoms with E-state index in [0.717, 1.165) is 17.5 Å². The van der Waals surface area contributed by atoms with E-state index >= 15 is 0 Å². The molecule has 0 aliphatic carbocycles. The van der Waals surface area contributed by atoms with Gasteiger partial charge >= 0.3 is 12.0 Å². The molecule has 0 saturated carbocycles. The molecular weight excluding hydrogens is 392 g/mol. The zero-order valence-electron chi connectivity index (χ0n) is 18.0. The van der Waals surface area contributed by atoms with Crippen molar-refractivity contribution in [2.45, 2.75) is 33.4 Å². The Bertz CT molecular complexity index is 987. The van der Waals surface area contributed by atoms with Crippen molar-refractivity contribution in [3.8, 4) is 0 Å². The van der Waals surface area contributed by atoms with E-state index in [-0.39, 0.29) is 18.2 Å². The fourth-order valence-electron chi connectivity index (χ4n) is 3.22. The number of anilines is 1. The van der Waals surface area contributed by atoms with Crippen molar-refractivity contribution in [3.05, 3.63) is 83.6 Å². The Labute approximate surface area is 182 Å². The van der Waals surface area contributed by atoms with Crippen LogP contribution in [-0.2, 0) is 17.8 Å². The summed E-state index contributed by atoms with van der Waals surface area (Å²) in [6.45, 7) is 5.23. The maximum absolute atomic E-state index is 13.2. The molecule has 3 aromatic rings. The van der Waals surface area contributed by atoms with Gasteiger partial charge in [0.1, 0.15) is 11.4 Å². The first-order valence-electron chi connectivity index (χ1n) is 10.5. The Morgan fingerprint density at radius 3 is 2.26 bits per heavy atom. The maximum Gasteiger partial charge on any atom is 0.343 e. The van der Waals surface area contributed by atoms with Crippen molar-refractivity contribution in [2.24, 2.45) is 0 Å². The number of nitrogens with zero attached hydrogens (tertiary/aromatic N) is 3. The van der Waals surface area contributed by atoms with Gasteiger partial charge in [-0.3, -0.25) is 4.90 Å². The van der Waals surface area contributed by atoms with Crippen LogP contribution in [0.25, 0.3) is 0 Å². The van der Waals surface area contributed by atoms with Crippen molar-refractivity contribution in [2.75, 3.05) is 18.1 Å². The number of rotatable bonds is 9. The molecule has 1 N–H and O–H groups in total. The lowest BCUT2D eigenvalue weighted by Gasteiger charge is -2.25. The number of carbonyl (C=O) groups excluding carboxylic acids is 2. The molecule has 0 radical (unpaired) electrons. The number of carbonyl (C=O) groups is 2. The van der Waals surface area contributed by atoms with Gasteiger partial charge in [0, 0.05) is 6.54 Å². The van der Waals surface area contributed by atoms with E-state index in [4.69, 9.17) is 4.74 Å². The summed E-state index contributed by atoms with van der Waals surface area (Å²) in [5, 5.41) is 7.36. The van der Waals surface area contributed by atoms with Crippen LogP contribution in [0.2, 0.25) is 0 Å². The first-order chi connectivity index (χ1) is 15.1. The van der Waals surface area contributed by atoms with Crippen molar-refractivity contribution in [1.82, 2.24) is 15.1 Å². The van der Waals surface area contributed by atoms with Gasteiger partial charge in [-0.2, -0.15) is 5.10 Å². The van der Waals surface area contributed by atoms with Crippen LogP contribution in [0.15, 0.2) is 66.9 Å². The number of aromatic nitrogens is 2. The van der Waals surface area contributed by atoms with Gasteiger partial charge in [0.15, 0.2) is 0 Å². The number of hydrogen-bond donors (Lipinski definition) is 1. The van der Waals surface area contributed by atoms with E-state index in [1.807, 2.05) is 67.6 Å². The molecule has 0 atom stereocenters. The predicted octanol–water partition coefficient (Wildman–Crippen LogP) is 4.23. The fraction of sp³-hybridized carbons (Fsp3) is 0.292. The third-order valence-corrected chi connectivity index (χ3v) is 4.69. The van der Waals surface area contributed by atoms with E-state index < -0.39 is 5.97 Å². The summed E-state index contributed by atoms with van der Waals surface area (Å²) in [5.41, 5.74) is 2.22. The monoisotopic (exact) mass is 420 g/mol. The van der Waals surface area contributed by atoms with Crippen LogP contribution in [0.3, 0.4) is 0 Å². The normalized spacial score (nSPS) is 10.5. The van der Waals surface area contributed by atoms with Gasteiger partial charge in [-0.05, 0) is 24.5 Å². The number of nitrogens with one attached hydrogen (secondary N) is 1. The lowest BCUT2D eigenvalue weighted by Crippen LogP contribution is -2.42. The summed E-state index contributed by atoms with van der Waals surface area (Å²) >= 11 is 0.